The Morgan fingerprint density at radius 1 is 1.23 bits per heavy atom. The Balaban J connectivity index is 2.22. The van der Waals surface area contributed by atoms with Crippen molar-refractivity contribution in [3.63, 3.8) is 0 Å². The summed E-state index contributed by atoms with van der Waals surface area (Å²) >= 11 is 1.26. The van der Waals surface area contributed by atoms with Crippen LogP contribution in [-0.4, -0.2) is 21.6 Å². The summed E-state index contributed by atoms with van der Waals surface area (Å²) in [5.41, 5.74) is 8.63. The molecule has 6 nitrogen and oxygen atoms in total. The standard InChI is InChI=1S/C19H19N3O3S/c1-3-14(18(24)25)22-15-9-8-13(20)10-16(15)26-19(22)21-17(23)12-6-4-11(2)5-7-12/h4-10,14H,3,20H2,1-2H3,(H,24,25)/b21-19-. The van der Waals surface area contributed by atoms with Crippen LogP contribution in [0.2, 0.25) is 0 Å². The highest BCUT2D eigenvalue weighted by Gasteiger charge is 2.22. The molecule has 3 aromatic rings. The highest BCUT2D eigenvalue weighted by molar-refractivity contribution is 7.16. The van der Waals surface area contributed by atoms with Crippen molar-refractivity contribution in [3.8, 4) is 0 Å². The second-order valence-corrected chi connectivity index (χ2v) is 7.04. The molecule has 0 aliphatic carbocycles. The van der Waals surface area contributed by atoms with Crippen LogP contribution in [0.1, 0.15) is 35.3 Å². The van der Waals surface area contributed by atoms with Crippen LogP contribution in [0.25, 0.3) is 10.2 Å². The number of hydrogen-bond donors (Lipinski definition) is 2. The van der Waals surface area contributed by atoms with Gasteiger partial charge in [0.25, 0.3) is 5.91 Å². The smallest absolute Gasteiger partial charge is 0.326 e. The molecule has 0 spiro atoms. The number of hydrogen-bond acceptors (Lipinski definition) is 4. The van der Waals surface area contributed by atoms with Crippen LogP contribution in [0, 0.1) is 6.92 Å². The molecule has 0 radical (unpaired) electrons. The van der Waals surface area contributed by atoms with Gasteiger partial charge >= 0.3 is 5.97 Å². The number of nitrogens with zero attached hydrogens (tertiary/aromatic N) is 2. The normalized spacial score (nSPS) is 13.1. The van der Waals surface area contributed by atoms with E-state index in [9.17, 15) is 14.7 Å². The Morgan fingerprint density at radius 3 is 2.54 bits per heavy atom. The number of amides is 1. The monoisotopic (exact) mass is 369 g/mol. The molecule has 1 unspecified atom stereocenters. The second-order valence-electron chi connectivity index (χ2n) is 6.03. The fourth-order valence-corrected chi connectivity index (χ4v) is 3.87. The predicted molar refractivity (Wildman–Crippen MR) is 102 cm³/mol. The molecule has 0 saturated carbocycles. The summed E-state index contributed by atoms with van der Waals surface area (Å²) < 4.78 is 2.40. The van der Waals surface area contributed by atoms with E-state index in [-0.39, 0.29) is 0 Å². The Kier molecular flexibility index (Phi) is 4.90. The van der Waals surface area contributed by atoms with Crippen molar-refractivity contribution in [1.82, 2.24) is 4.57 Å². The minimum Gasteiger partial charge on any atom is -0.480 e. The van der Waals surface area contributed by atoms with Gasteiger partial charge in [0.1, 0.15) is 6.04 Å². The van der Waals surface area contributed by atoms with Crippen LogP contribution < -0.4 is 10.5 Å². The molecule has 1 amide bonds. The summed E-state index contributed by atoms with van der Waals surface area (Å²) in [6.45, 7) is 3.73. The highest BCUT2D eigenvalue weighted by atomic mass is 32.1. The van der Waals surface area contributed by atoms with E-state index in [4.69, 9.17) is 5.73 Å². The average molecular weight is 369 g/mol. The number of aliphatic carboxylic acids is 1. The van der Waals surface area contributed by atoms with Crippen LogP contribution >= 0.6 is 11.3 Å². The fraction of sp³-hybridized carbons (Fsp3) is 0.211. The van der Waals surface area contributed by atoms with Crippen molar-refractivity contribution in [2.24, 2.45) is 4.99 Å². The number of thiazole rings is 1. The molecule has 0 saturated heterocycles. The van der Waals surface area contributed by atoms with E-state index < -0.39 is 17.9 Å². The number of carboxylic acid groups (broad SMARTS) is 1. The van der Waals surface area contributed by atoms with Gasteiger partial charge in [0, 0.05) is 11.3 Å². The number of fused-ring (bicyclic) bond motifs is 1. The van der Waals surface area contributed by atoms with Crippen molar-refractivity contribution in [2.45, 2.75) is 26.3 Å². The number of rotatable bonds is 4. The van der Waals surface area contributed by atoms with Crippen LogP contribution in [0.4, 0.5) is 5.69 Å². The van der Waals surface area contributed by atoms with Gasteiger partial charge in [0.05, 0.1) is 10.2 Å². The number of nitrogen functional groups attached to an aromatic ring is 1. The Labute approximate surface area is 154 Å². The van der Waals surface area contributed by atoms with Crippen molar-refractivity contribution in [1.29, 1.82) is 0 Å². The summed E-state index contributed by atoms with van der Waals surface area (Å²) in [5, 5.41) is 9.60. The van der Waals surface area contributed by atoms with E-state index >= 15 is 0 Å². The van der Waals surface area contributed by atoms with Crippen molar-refractivity contribution in [2.75, 3.05) is 5.73 Å². The van der Waals surface area contributed by atoms with Crippen molar-refractivity contribution >= 4 is 39.1 Å². The molecule has 7 heteroatoms. The zero-order valence-corrected chi connectivity index (χ0v) is 15.3. The molecule has 0 bridgehead atoms. The van der Waals surface area contributed by atoms with Crippen molar-refractivity contribution in [3.05, 3.63) is 58.4 Å². The average Bonchev–Trinajstić information content (AvgIpc) is 2.93. The first-order chi connectivity index (χ1) is 12.4. The van der Waals surface area contributed by atoms with Gasteiger partial charge in [-0.2, -0.15) is 4.99 Å². The number of carbonyl (C=O) groups is 2. The molecule has 3 rings (SSSR count). The number of nitrogens with two attached hydrogens (primary N) is 1. The van der Waals surface area contributed by atoms with E-state index in [1.54, 1.807) is 41.8 Å². The Bertz CT molecular complexity index is 1050. The van der Waals surface area contributed by atoms with Crippen molar-refractivity contribution < 1.29 is 14.7 Å². The van der Waals surface area contributed by atoms with Gasteiger partial charge in [-0.05, 0) is 43.7 Å². The lowest BCUT2D eigenvalue weighted by atomic mass is 10.1. The van der Waals surface area contributed by atoms with Crippen LogP contribution in [0.15, 0.2) is 47.5 Å². The molecule has 2 aromatic carbocycles. The quantitative estimate of drug-likeness (QED) is 0.689. The molecule has 3 N–H and O–H groups in total. The lowest BCUT2D eigenvalue weighted by molar-refractivity contribution is -0.140. The molecule has 1 atom stereocenters. The van der Waals surface area contributed by atoms with Gasteiger partial charge in [-0.1, -0.05) is 36.0 Å². The number of anilines is 1. The SMILES string of the molecule is CCC(C(=O)O)n1/c(=N/C(=O)c2ccc(C)cc2)sc2cc(N)ccc21. The molecule has 0 fully saturated rings. The molecule has 134 valence electrons. The molecule has 0 aliphatic heterocycles. The third-order valence-electron chi connectivity index (χ3n) is 4.13. The van der Waals surface area contributed by atoms with Gasteiger partial charge in [0.2, 0.25) is 0 Å². The Hall–Kier alpha value is -2.93. The molecule has 26 heavy (non-hydrogen) atoms. The van der Waals surface area contributed by atoms with Gasteiger partial charge < -0.3 is 15.4 Å². The van der Waals surface area contributed by atoms with Crippen LogP contribution in [-0.2, 0) is 4.79 Å². The number of aryl methyl sites for hydroxylation is 1. The summed E-state index contributed by atoms with van der Waals surface area (Å²) in [6.07, 6.45) is 0.372. The summed E-state index contributed by atoms with van der Waals surface area (Å²) in [5.74, 6) is -1.37. The zero-order chi connectivity index (χ0) is 18.8. The Morgan fingerprint density at radius 2 is 1.92 bits per heavy atom. The number of aromatic nitrogens is 1. The van der Waals surface area contributed by atoms with E-state index in [2.05, 4.69) is 4.99 Å². The minimum absolute atomic E-state index is 0.352. The minimum atomic E-state index is -0.965. The maximum absolute atomic E-state index is 12.6. The second kappa shape index (κ2) is 7.13. The molecule has 0 aliphatic rings. The third-order valence-corrected chi connectivity index (χ3v) is 5.15. The topological polar surface area (TPSA) is 97.7 Å². The summed E-state index contributed by atoms with van der Waals surface area (Å²) in [6, 6.07) is 11.5. The third kappa shape index (κ3) is 3.39. The summed E-state index contributed by atoms with van der Waals surface area (Å²) in [7, 11) is 0. The van der Waals surface area contributed by atoms with E-state index in [0.717, 1.165) is 10.3 Å². The van der Waals surface area contributed by atoms with Gasteiger partial charge in [-0.15, -0.1) is 0 Å². The van der Waals surface area contributed by atoms with Crippen LogP contribution in [0.3, 0.4) is 0 Å². The molecular weight excluding hydrogens is 350 g/mol. The van der Waals surface area contributed by atoms with Crippen LogP contribution in [0.5, 0.6) is 0 Å². The van der Waals surface area contributed by atoms with E-state index in [1.165, 1.54) is 11.3 Å². The highest BCUT2D eigenvalue weighted by Crippen LogP contribution is 2.25. The maximum Gasteiger partial charge on any atom is 0.326 e. The van der Waals surface area contributed by atoms with E-state index in [1.807, 2.05) is 19.1 Å². The fourth-order valence-electron chi connectivity index (χ4n) is 2.76. The van der Waals surface area contributed by atoms with E-state index in [0.29, 0.717) is 28.0 Å². The molecular formula is C19H19N3O3S. The van der Waals surface area contributed by atoms with Gasteiger partial charge in [-0.3, -0.25) is 4.79 Å². The number of benzene rings is 2. The lowest BCUT2D eigenvalue weighted by Gasteiger charge is -2.13. The van der Waals surface area contributed by atoms with Gasteiger partial charge in [-0.25, -0.2) is 4.79 Å². The first kappa shape index (κ1) is 17.9. The molecule has 1 aromatic heterocycles. The predicted octanol–water partition coefficient (Wildman–Crippen LogP) is 3.37. The number of carboxylic acids is 1. The number of carbonyl (C=O) groups excluding carboxylic acids is 1. The molecule has 1 heterocycles. The lowest BCUT2D eigenvalue weighted by Crippen LogP contribution is -2.27. The summed E-state index contributed by atoms with van der Waals surface area (Å²) in [4.78, 5) is 28.8. The maximum atomic E-state index is 12.6. The first-order valence-electron chi connectivity index (χ1n) is 8.19. The first-order valence-corrected chi connectivity index (χ1v) is 9.01. The van der Waals surface area contributed by atoms with Gasteiger partial charge in [0.15, 0.2) is 4.80 Å². The zero-order valence-electron chi connectivity index (χ0n) is 14.5. The largest absolute Gasteiger partial charge is 0.480 e.